The van der Waals surface area contributed by atoms with Crippen LogP contribution in [-0.4, -0.2) is 32.0 Å². The summed E-state index contributed by atoms with van der Waals surface area (Å²) in [6.45, 7) is 1.65. The van der Waals surface area contributed by atoms with Crippen molar-refractivity contribution in [3.63, 3.8) is 0 Å². The van der Waals surface area contributed by atoms with Gasteiger partial charge in [-0.15, -0.1) is 0 Å². The van der Waals surface area contributed by atoms with Crippen LogP contribution < -0.4 is 14.8 Å². The molecule has 0 aromatic heterocycles. The average Bonchev–Trinajstić information content (AvgIpc) is 2.72. The monoisotopic (exact) mass is 433 g/mol. The number of rotatable bonds is 12. The lowest BCUT2D eigenvalue weighted by Gasteiger charge is -2.12. The van der Waals surface area contributed by atoms with Crippen LogP contribution in [0.3, 0.4) is 0 Å². The zero-order chi connectivity index (χ0) is 22.8. The van der Waals surface area contributed by atoms with Gasteiger partial charge in [0.1, 0.15) is 0 Å². The van der Waals surface area contributed by atoms with Crippen molar-refractivity contribution in [3.8, 4) is 11.5 Å². The Hall–Kier alpha value is -2.96. The van der Waals surface area contributed by atoms with E-state index >= 15 is 0 Å². The third kappa shape index (κ3) is 8.36. The molecule has 31 heavy (non-hydrogen) atoms. The number of amides is 1. The van der Waals surface area contributed by atoms with E-state index in [4.69, 9.17) is 4.74 Å². The number of Topliss-reactive ketones (excluding diaryl/α,β-unsaturated/α-hetero) is 1. The normalized spacial score (nSPS) is 10.9. The molecular formula is C24H29F2NO4. The third-order valence-electron chi connectivity index (χ3n) is 4.68. The van der Waals surface area contributed by atoms with Crippen molar-refractivity contribution in [1.82, 2.24) is 5.32 Å². The number of nitrogens with one attached hydrogen (secondary N) is 1. The van der Waals surface area contributed by atoms with Crippen molar-refractivity contribution >= 4 is 11.7 Å². The van der Waals surface area contributed by atoms with Crippen LogP contribution in [0.2, 0.25) is 0 Å². The van der Waals surface area contributed by atoms with Gasteiger partial charge in [-0.25, -0.2) is 0 Å². The highest BCUT2D eigenvalue weighted by Gasteiger charge is 2.12. The Morgan fingerprint density at radius 1 is 0.968 bits per heavy atom. The van der Waals surface area contributed by atoms with Gasteiger partial charge in [-0.05, 0) is 42.0 Å². The molecule has 0 fully saturated rings. The van der Waals surface area contributed by atoms with E-state index in [1.165, 1.54) is 18.7 Å². The van der Waals surface area contributed by atoms with Crippen LogP contribution in [0.15, 0.2) is 42.5 Å². The molecule has 2 aromatic carbocycles. The minimum absolute atomic E-state index is 0.0497. The Morgan fingerprint density at radius 3 is 2.26 bits per heavy atom. The summed E-state index contributed by atoms with van der Waals surface area (Å²) in [4.78, 5) is 24.3. The number of carbonyl (C=O) groups excluding carboxylic acids is 2. The van der Waals surface area contributed by atoms with Crippen LogP contribution in [0.5, 0.6) is 11.5 Å². The van der Waals surface area contributed by atoms with Crippen molar-refractivity contribution in [1.29, 1.82) is 0 Å². The van der Waals surface area contributed by atoms with Gasteiger partial charge in [0.25, 0.3) is 0 Å². The van der Waals surface area contributed by atoms with E-state index in [0.717, 1.165) is 6.42 Å². The number of carbonyl (C=O) groups is 2. The molecule has 0 spiro atoms. The Bertz CT molecular complexity index is 866. The minimum Gasteiger partial charge on any atom is -0.493 e. The molecule has 0 bridgehead atoms. The highest BCUT2D eigenvalue weighted by atomic mass is 19.3. The van der Waals surface area contributed by atoms with E-state index in [9.17, 15) is 18.4 Å². The Balaban J connectivity index is 1.77. The summed E-state index contributed by atoms with van der Waals surface area (Å²) in [5.41, 5.74) is 2.50. The van der Waals surface area contributed by atoms with E-state index in [1.807, 2.05) is 12.1 Å². The molecule has 2 rings (SSSR count). The maximum absolute atomic E-state index is 12.5. The molecule has 7 heteroatoms. The van der Waals surface area contributed by atoms with Gasteiger partial charge in [-0.1, -0.05) is 44.2 Å². The summed E-state index contributed by atoms with van der Waals surface area (Å²) in [7, 11) is 1.37. The molecule has 0 heterocycles. The second-order valence-corrected chi connectivity index (χ2v) is 7.68. The van der Waals surface area contributed by atoms with Gasteiger partial charge in [0.05, 0.1) is 7.11 Å². The molecule has 0 atom stereocenters. The van der Waals surface area contributed by atoms with Crippen molar-refractivity contribution in [2.45, 2.75) is 46.1 Å². The Kier molecular flexibility index (Phi) is 9.43. The van der Waals surface area contributed by atoms with Gasteiger partial charge in [-0.2, -0.15) is 8.78 Å². The molecule has 1 amide bonds. The second-order valence-electron chi connectivity index (χ2n) is 7.68. The number of halogens is 2. The van der Waals surface area contributed by atoms with Crippen LogP contribution in [0.4, 0.5) is 8.78 Å². The lowest BCUT2D eigenvalue weighted by Crippen LogP contribution is -2.26. The van der Waals surface area contributed by atoms with Crippen molar-refractivity contribution in [3.05, 3.63) is 59.2 Å². The number of benzene rings is 2. The largest absolute Gasteiger partial charge is 0.493 e. The first-order valence-electron chi connectivity index (χ1n) is 10.3. The number of ether oxygens (including phenoxy) is 2. The molecule has 1 N–H and O–H groups in total. The van der Waals surface area contributed by atoms with Crippen molar-refractivity contribution in [2.75, 3.05) is 13.7 Å². The number of methoxy groups -OCH3 is 1. The predicted molar refractivity (Wildman–Crippen MR) is 115 cm³/mol. The number of alkyl halides is 2. The van der Waals surface area contributed by atoms with E-state index in [1.54, 1.807) is 24.3 Å². The van der Waals surface area contributed by atoms with Crippen LogP contribution in [0.1, 0.15) is 48.2 Å². The van der Waals surface area contributed by atoms with Crippen LogP contribution in [0, 0.1) is 5.92 Å². The molecule has 0 unspecified atom stereocenters. The smallest absolute Gasteiger partial charge is 0.387 e. The van der Waals surface area contributed by atoms with E-state index in [2.05, 4.69) is 23.9 Å². The van der Waals surface area contributed by atoms with E-state index in [-0.39, 0.29) is 36.0 Å². The zero-order valence-electron chi connectivity index (χ0n) is 18.1. The molecule has 0 aliphatic rings. The van der Waals surface area contributed by atoms with Crippen LogP contribution in [-0.2, 0) is 17.6 Å². The summed E-state index contributed by atoms with van der Waals surface area (Å²) in [5, 5.41) is 2.75. The fraction of sp³-hybridized carbons (Fsp3) is 0.417. The second kappa shape index (κ2) is 12.0. The molecule has 0 radical (unpaired) electrons. The highest BCUT2D eigenvalue weighted by Crippen LogP contribution is 2.29. The summed E-state index contributed by atoms with van der Waals surface area (Å²) < 4.78 is 34.5. The molecule has 0 aliphatic heterocycles. The third-order valence-corrected chi connectivity index (χ3v) is 4.68. The predicted octanol–water partition coefficient (Wildman–Crippen LogP) is 4.82. The number of hydrogen-bond acceptors (Lipinski definition) is 4. The standard InChI is InChI=1S/C24H29F2NO4/c1-16(2)14-17-4-7-19(8-5-17)20(28)9-11-23(29)27-13-12-18-6-10-21(30-3)22(15-18)31-24(25)26/h4-8,10,15-16,24H,9,11-14H2,1-3H3,(H,27,29). The molecule has 0 saturated carbocycles. The minimum atomic E-state index is -2.95. The average molecular weight is 433 g/mol. The number of ketones is 1. The first kappa shape index (κ1) is 24.3. The Morgan fingerprint density at radius 2 is 1.65 bits per heavy atom. The van der Waals surface area contributed by atoms with E-state index < -0.39 is 6.61 Å². The van der Waals surface area contributed by atoms with E-state index in [0.29, 0.717) is 30.0 Å². The van der Waals surface area contributed by atoms with Crippen molar-refractivity contribution < 1.29 is 27.8 Å². The van der Waals surface area contributed by atoms with Crippen molar-refractivity contribution in [2.24, 2.45) is 5.92 Å². The first-order chi connectivity index (χ1) is 14.8. The number of hydrogen-bond donors (Lipinski definition) is 1. The van der Waals surface area contributed by atoms with Crippen LogP contribution in [0.25, 0.3) is 0 Å². The zero-order valence-corrected chi connectivity index (χ0v) is 18.1. The SMILES string of the molecule is COc1ccc(CCNC(=O)CCC(=O)c2ccc(CC(C)C)cc2)cc1OC(F)F. The summed E-state index contributed by atoms with van der Waals surface area (Å²) in [6, 6.07) is 12.2. The van der Waals surface area contributed by atoms with Gasteiger partial charge < -0.3 is 14.8 Å². The summed E-state index contributed by atoms with van der Waals surface area (Å²) >= 11 is 0. The maximum Gasteiger partial charge on any atom is 0.387 e. The quantitative estimate of drug-likeness (QED) is 0.488. The fourth-order valence-corrected chi connectivity index (χ4v) is 3.17. The Labute approximate surface area is 181 Å². The fourth-order valence-electron chi connectivity index (χ4n) is 3.17. The van der Waals surface area contributed by atoms with Gasteiger partial charge in [0, 0.05) is 24.9 Å². The highest BCUT2D eigenvalue weighted by molar-refractivity contribution is 5.97. The summed E-state index contributed by atoms with van der Waals surface area (Å²) in [5.74, 6) is 0.402. The first-order valence-corrected chi connectivity index (χ1v) is 10.3. The molecule has 0 saturated heterocycles. The molecular weight excluding hydrogens is 404 g/mol. The molecule has 0 aliphatic carbocycles. The van der Waals surface area contributed by atoms with Gasteiger partial charge in [0.15, 0.2) is 17.3 Å². The maximum atomic E-state index is 12.5. The van der Waals surface area contributed by atoms with Crippen LogP contribution >= 0.6 is 0 Å². The summed E-state index contributed by atoms with van der Waals surface area (Å²) in [6.07, 6.45) is 1.61. The molecule has 5 nitrogen and oxygen atoms in total. The van der Waals surface area contributed by atoms with Gasteiger partial charge in [0.2, 0.25) is 5.91 Å². The molecule has 2 aromatic rings. The molecule has 168 valence electrons. The lowest BCUT2D eigenvalue weighted by molar-refractivity contribution is -0.121. The van der Waals surface area contributed by atoms with Gasteiger partial charge >= 0.3 is 6.61 Å². The lowest BCUT2D eigenvalue weighted by atomic mass is 9.99. The topological polar surface area (TPSA) is 64.6 Å². The van der Waals surface area contributed by atoms with Gasteiger partial charge in [-0.3, -0.25) is 9.59 Å².